The van der Waals surface area contributed by atoms with E-state index in [1.807, 2.05) is 6.07 Å². The summed E-state index contributed by atoms with van der Waals surface area (Å²) in [5, 5.41) is 22.1. The van der Waals surface area contributed by atoms with E-state index in [-0.39, 0.29) is 18.4 Å². The van der Waals surface area contributed by atoms with Crippen molar-refractivity contribution >= 4 is 5.78 Å². The lowest BCUT2D eigenvalue weighted by Gasteiger charge is -2.64. The lowest BCUT2D eigenvalue weighted by Crippen LogP contribution is -2.80. The molecule has 5 nitrogen and oxygen atoms in total. The molecule has 144 valence electrons. The number of ether oxygens (including phenoxy) is 1. The lowest BCUT2D eigenvalue weighted by molar-refractivity contribution is -0.950. The molecular formula is C22H28NO4+. The summed E-state index contributed by atoms with van der Waals surface area (Å²) < 4.78 is 7.18. The molecule has 2 saturated carbocycles. The van der Waals surface area contributed by atoms with Crippen molar-refractivity contribution < 1.29 is 24.2 Å². The molecule has 2 N–H and O–H groups in total. The maximum absolute atomic E-state index is 12.9. The summed E-state index contributed by atoms with van der Waals surface area (Å²) in [7, 11) is 2.32. The average Bonchev–Trinajstić information content (AvgIpc) is 3.37. The van der Waals surface area contributed by atoms with Crippen LogP contribution < -0.4 is 4.74 Å². The Morgan fingerprint density at radius 2 is 2.11 bits per heavy atom. The highest BCUT2D eigenvalue weighted by atomic mass is 16.5. The van der Waals surface area contributed by atoms with Gasteiger partial charge in [-0.2, -0.15) is 0 Å². The number of piperidine rings is 1. The van der Waals surface area contributed by atoms with Gasteiger partial charge in [0.05, 0.1) is 32.2 Å². The minimum absolute atomic E-state index is 0.100. The molecular weight excluding hydrogens is 342 g/mol. The number of benzene rings is 1. The third kappa shape index (κ3) is 1.79. The highest BCUT2D eigenvalue weighted by molar-refractivity contribution is 5.89. The predicted octanol–water partition coefficient (Wildman–Crippen LogP) is 1.46. The minimum atomic E-state index is -0.903. The Morgan fingerprint density at radius 1 is 1.30 bits per heavy atom. The monoisotopic (exact) mass is 370 g/mol. The van der Waals surface area contributed by atoms with Crippen LogP contribution >= 0.6 is 0 Å². The van der Waals surface area contributed by atoms with Crippen molar-refractivity contribution in [3.05, 3.63) is 28.8 Å². The normalized spacial score (nSPS) is 44.0. The summed E-state index contributed by atoms with van der Waals surface area (Å²) in [6.07, 6.45) is 4.59. The molecule has 6 rings (SSSR count). The zero-order chi connectivity index (χ0) is 18.6. The number of hydrogen-bond acceptors (Lipinski definition) is 4. The molecule has 1 aromatic rings. The maximum Gasteiger partial charge on any atom is 0.174 e. The van der Waals surface area contributed by atoms with Gasteiger partial charge in [0.1, 0.15) is 17.4 Å². The number of likely N-dealkylation sites (tertiary alicyclic amines) is 1. The van der Waals surface area contributed by atoms with Crippen LogP contribution in [0.4, 0.5) is 0 Å². The Bertz CT molecular complexity index is 864. The van der Waals surface area contributed by atoms with Crippen LogP contribution in [-0.4, -0.2) is 58.4 Å². The molecule has 0 radical (unpaired) electrons. The second-order valence-electron chi connectivity index (χ2n) is 9.90. The Morgan fingerprint density at radius 3 is 2.85 bits per heavy atom. The predicted molar refractivity (Wildman–Crippen MR) is 98.4 cm³/mol. The zero-order valence-electron chi connectivity index (χ0n) is 15.9. The van der Waals surface area contributed by atoms with Gasteiger partial charge in [-0.25, -0.2) is 0 Å². The van der Waals surface area contributed by atoms with E-state index >= 15 is 0 Å². The van der Waals surface area contributed by atoms with E-state index in [0.29, 0.717) is 18.6 Å². The summed E-state index contributed by atoms with van der Waals surface area (Å²) in [6.45, 7) is 2.02. The van der Waals surface area contributed by atoms with E-state index in [1.165, 1.54) is 18.4 Å². The lowest BCUT2D eigenvalue weighted by atomic mass is 9.48. The van der Waals surface area contributed by atoms with Crippen LogP contribution in [0.2, 0.25) is 0 Å². The molecule has 3 aliphatic carbocycles. The van der Waals surface area contributed by atoms with Crippen molar-refractivity contribution in [2.45, 2.75) is 68.3 Å². The molecule has 27 heavy (non-hydrogen) atoms. The fraction of sp³-hybridized carbons (Fsp3) is 0.682. The number of likely N-dealkylation sites (N-methyl/N-ethyl adjacent to an activating group) is 1. The quantitative estimate of drug-likeness (QED) is 0.791. The number of rotatable bonds is 3. The van der Waals surface area contributed by atoms with Crippen LogP contribution in [-0.2, 0) is 23.2 Å². The van der Waals surface area contributed by atoms with Gasteiger partial charge in [-0.1, -0.05) is 12.1 Å². The highest BCUT2D eigenvalue weighted by Gasteiger charge is 2.76. The van der Waals surface area contributed by atoms with E-state index in [0.717, 1.165) is 47.5 Å². The molecule has 2 heterocycles. The first-order valence-electron chi connectivity index (χ1n) is 10.4. The van der Waals surface area contributed by atoms with E-state index in [9.17, 15) is 15.0 Å². The Balaban J connectivity index is 1.59. The number of carbonyl (C=O) groups excluding carboxylic acids is 1. The van der Waals surface area contributed by atoms with Gasteiger partial charge >= 0.3 is 0 Å². The summed E-state index contributed by atoms with van der Waals surface area (Å²) in [4.78, 5) is 12.9. The van der Waals surface area contributed by atoms with Crippen molar-refractivity contribution in [3.63, 3.8) is 0 Å². The van der Waals surface area contributed by atoms with E-state index < -0.39 is 17.1 Å². The van der Waals surface area contributed by atoms with E-state index in [2.05, 4.69) is 13.1 Å². The standard InChI is InChI=1S/C22H28NO4/c1-23(11-13-2-3-13)9-8-21-18-14-4-5-15(12-24)19(18)27-20(21)16(25)6-7-22(21,26)17(23)10-14/h4-5,13,17,20,24,26H,2-3,6-12H2,1H3/q+1/t17-,20+,21+,22-,23?/m1/s1. The first-order valence-corrected chi connectivity index (χ1v) is 10.4. The topological polar surface area (TPSA) is 66.8 Å². The average molecular weight is 370 g/mol. The number of quaternary nitrogens is 1. The number of nitrogens with zero attached hydrogens (tertiary/aromatic N) is 1. The largest absolute Gasteiger partial charge is 0.481 e. The van der Waals surface area contributed by atoms with Gasteiger partial charge in [-0.3, -0.25) is 4.79 Å². The van der Waals surface area contributed by atoms with E-state index in [1.54, 1.807) is 0 Å². The van der Waals surface area contributed by atoms with Crippen molar-refractivity contribution in [2.24, 2.45) is 5.92 Å². The summed E-state index contributed by atoms with van der Waals surface area (Å²) in [5.41, 5.74) is 1.48. The molecule has 0 amide bonds. The number of aliphatic hydroxyl groups excluding tert-OH is 1. The molecule has 5 atom stereocenters. The summed E-state index contributed by atoms with van der Waals surface area (Å²) in [6, 6.07) is 4.17. The van der Waals surface area contributed by atoms with Crippen molar-refractivity contribution in [1.82, 2.24) is 0 Å². The molecule has 3 fully saturated rings. The molecule has 0 aromatic heterocycles. The van der Waals surface area contributed by atoms with Crippen LogP contribution in [0, 0.1) is 5.92 Å². The summed E-state index contributed by atoms with van der Waals surface area (Å²) in [5.74, 6) is 1.59. The first-order chi connectivity index (χ1) is 12.9. The number of Topliss-reactive ketones (excluding diaryl/α,β-unsaturated/α-hetero) is 1. The first kappa shape index (κ1) is 16.5. The molecule has 1 spiro atoms. The smallest absolute Gasteiger partial charge is 0.174 e. The molecule has 2 aliphatic heterocycles. The van der Waals surface area contributed by atoms with Gasteiger partial charge in [-0.15, -0.1) is 0 Å². The van der Waals surface area contributed by atoms with Crippen molar-refractivity contribution in [1.29, 1.82) is 0 Å². The number of hydrogen-bond donors (Lipinski definition) is 2. The number of ketones is 1. The van der Waals surface area contributed by atoms with Gasteiger partial charge in [0.25, 0.3) is 0 Å². The Hall–Kier alpha value is -1.43. The van der Waals surface area contributed by atoms with Crippen LogP contribution in [0.1, 0.15) is 48.8 Å². The Labute approximate surface area is 159 Å². The van der Waals surface area contributed by atoms with Crippen LogP contribution in [0.3, 0.4) is 0 Å². The van der Waals surface area contributed by atoms with Crippen molar-refractivity contribution in [2.75, 3.05) is 20.1 Å². The van der Waals surface area contributed by atoms with Gasteiger partial charge < -0.3 is 19.4 Å². The van der Waals surface area contributed by atoms with Crippen LogP contribution in [0.15, 0.2) is 12.1 Å². The molecule has 2 bridgehead atoms. The fourth-order valence-electron chi connectivity index (χ4n) is 7.13. The van der Waals surface area contributed by atoms with E-state index in [4.69, 9.17) is 4.74 Å². The van der Waals surface area contributed by atoms with Crippen LogP contribution in [0.25, 0.3) is 0 Å². The minimum Gasteiger partial charge on any atom is -0.481 e. The molecule has 1 aromatic carbocycles. The van der Waals surface area contributed by atoms with Gasteiger partial charge in [-0.05, 0) is 24.8 Å². The summed E-state index contributed by atoms with van der Waals surface area (Å²) >= 11 is 0. The van der Waals surface area contributed by atoms with Gasteiger partial charge in [0.15, 0.2) is 11.9 Å². The van der Waals surface area contributed by atoms with Gasteiger partial charge in [0, 0.05) is 36.3 Å². The fourth-order valence-corrected chi connectivity index (χ4v) is 7.13. The third-order valence-corrected chi connectivity index (χ3v) is 8.55. The number of aliphatic hydroxyl groups is 2. The second kappa shape index (κ2) is 4.94. The van der Waals surface area contributed by atoms with Crippen molar-refractivity contribution in [3.8, 4) is 5.75 Å². The molecule has 1 saturated heterocycles. The van der Waals surface area contributed by atoms with Crippen LogP contribution in [0.5, 0.6) is 5.75 Å². The highest BCUT2D eigenvalue weighted by Crippen LogP contribution is 2.65. The SMILES string of the molecule is C[N+]1(CC2CC2)CC[C@]23c4c5ccc(CO)c4O[C@H]2C(=O)CC[C@@]3(O)[C@H]1C5. The molecule has 1 unspecified atom stereocenters. The second-order valence-corrected chi connectivity index (χ2v) is 9.90. The maximum atomic E-state index is 12.9. The Kier molecular flexibility index (Phi) is 3.02. The molecule has 5 aliphatic rings. The third-order valence-electron chi connectivity index (χ3n) is 8.55. The number of carbonyl (C=O) groups is 1. The zero-order valence-corrected chi connectivity index (χ0v) is 15.9. The molecule has 5 heteroatoms. The van der Waals surface area contributed by atoms with Gasteiger partial charge in [0.2, 0.25) is 0 Å².